The van der Waals surface area contributed by atoms with Crippen LogP contribution in [0, 0.1) is 0 Å². The van der Waals surface area contributed by atoms with E-state index in [1.807, 2.05) is 18.2 Å². The molecule has 2 aromatic carbocycles. The van der Waals surface area contributed by atoms with Gasteiger partial charge in [-0.3, -0.25) is 4.79 Å². The lowest BCUT2D eigenvalue weighted by Crippen LogP contribution is -2.12. The molecule has 2 aromatic heterocycles. The van der Waals surface area contributed by atoms with Crippen molar-refractivity contribution in [2.24, 2.45) is 0 Å². The molecule has 0 saturated carbocycles. The van der Waals surface area contributed by atoms with Crippen LogP contribution in [0.1, 0.15) is 0 Å². The van der Waals surface area contributed by atoms with Crippen molar-refractivity contribution in [3.8, 4) is 45.9 Å². The van der Waals surface area contributed by atoms with Crippen LogP contribution < -0.4 is 19.6 Å². The van der Waals surface area contributed by atoms with Crippen LogP contribution in [-0.4, -0.2) is 41.3 Å². The molecule has 0 aliphatic heterocycles. The van der Waals surface area contributed by atoms with E-state index in [-0.39, 0.29) is 17.0 Å². The Bertz CT molecular complexity index is 1250. The highest BCUT2D eigenvalue weighted by Crippen LogP contribution is 2.31. The summed E-state index contributed by atoms with van der Waals surface area (Å²) < 4.78 is 22.6. The molecular formula is C21H18N4O5. The number of rotatable bonds is 6. The van der Waals surface area contributed by atoms with Gasteiger partial charge in [-0.05, 0) is 30.3 Å². The maximum atomic E-state index is 12.4. The van der Waals surface area contributed by atoms with E-state index < -0.39 is 0 Å². The van der Waals surface area contributed by atoms with Crippen molar-refractivity contribution in [1.29, 1.82) is 0 Å². The van der Waals surface area contributed by atoms with Crippen LogP contribution in [0.15, 0.2) is 64.0 Å². The minimum Gasteiger partial charge on any atom is -0.497 e. The highest BCUT2D eigenvalue weighted by atomic mass is 16.5. The quantitative estimate of drug-likeness (QED) is 0.482. The zero-order valence-electron chi connectivity index (χ0n) is 16.5. The minimum atomic E-state index is -0.336. The molecule has 9 heteroatoms. The molecule has 2 heterocycles. The first-order chi connectivity index (χ1) is 14.6. The van der Waals surface area contributed by atoms with Crippen LogP contribution in [-0.2, 0) is 0 Å². The second-order valence-corrected chi connectivity index (χ2v) is 6.17. The fraction of sp³-hybridized carbons (Fsp3) is 0.143. The highest BCUT2D eigenvalue weighted by Gasteiger charge is 2.17. The number of nitrogens with zero attached hydrogens (tertiary/aromatic N) is 4. The molecule has 4 aromatic rings. The Morgan fingerprint density at radius 1 is 0.933 bits per heavy atom. The highest BCUT2D eigenvalue weighted by molar-refractivity contribution is 5.62. The Kier molecular flexibility index (Phi) is 5.17. The van der Waals surface area contributed by atoms with E-state index in [0.717, 1.165) is 5.69 Å². The fourth-order valence-corrected chi connectivity index (χ4v) is 2.86. The molecule has 9 nitrogen and oxygen atoms in total. The molecule has 0 radical (unpaired) electrons. The largest absolute Gasteiger partial charge is 0.497 e. The first-order valence-corrected chi connectivity index (χ1v) is 8.94. The predicted octanol–water partition coefficient (Wildman–Crippen LogP) is 2.98. The normalized spacial score (nSPS) is 10.6. The summed E-state index contributed by atoms with van der Waals surface area (Å²) in [5.74, 6) is 2.09. The Morgan fingerprint density at radius 2 is 1.77 bits per heavy atom. The number of ether oxygens (including phenoxy) is 3. The summed E-state index contributed by atoms with van der Waals surface area (Å²) in [5, 5.41) is 8.34. The molecule has 4 rings (SSSR count). The zero-order chi connectivity index (χ0) is 21.1. The van der Waals surface area contributed by atoms with Crippen LogP contribution in [0.4, 0.5) is 0 Å². The van der Waals surface area contributed by atoms with Gasteiger partial charge in [0.05, 0.1) is 27.0 Å². The smallest absolute Gasteiger partial charge is 0.282 e. The lowest BCUT2D eigenvalue weighted by atomic mass is 10.2. The lowest BCUT2D eigenvalue weighted by Gasteiger charge is -2.07. The summed E-state index contributed by atoms with van der Waals surface area (Å²) in [6.07, 6.45) is 1.56. The molecular weight excluding hydrogens is 388 g/mol. The number of methoxy groups -OCH3 is 3. The number of benzene rings is 2. The van der Waals surface area contributed by atoms with Gasteiger partial charge < -0.3 is 18.7 Å². The first-order valence-electron chi connectivity index (χ1n) is 8.94. The van der Waals surface area contributed by atoms with Gasteiger partial charge in [0.1, 0.15) is 5.75 Å². The summed E-state index contributed by atoms with van der Waals surface area (Å²) in [4.78, 5) is 16.7. The Labute approximate surface area is 171 Å². The maximum absolute atomic E-state index is 12.4. The summed E-state index contributed by atoms with van der Waals surface area (Å²) in [7, 11) is 4.67. The SMILES string of the molecule is COc1cccc(-n2ccc(=O)c(-c3nc(-c4ccc(OC)c(OC)c4)no3)n2)c1. The Hall–Kier alpha value is -4.14. The molecule has 0 atom stereocenters. The van der Waals surface area contributed by atoms with Gasteiger partial charge in [0, 0.05) is 23.9 Å². The third kappa shape index (κ3) is 3.60. The summed E-state index contributed by atoms with van der Waals surface area (Å²) in [6.45, 7) is 0. The van der Waals surface area contributed by atoms with Crippen LogP contribution in [0.5, 0.6) is 17.2 Å². The molecule has 30 heavy (non-hydrogen) atoms. The van der Waals surface area contributed by atoms with Crippen LogP contribution in [0.3, 0.4) is 0 Å². The fourth-order valence-electron chi connectivity index (χ4n) is 2.86. The van der Waals surface area contributed by atoms with Gasteiger partial charge in [0.25, 0.3) is 5.89 Å². The molecule has 0 aliphatic rings. The van der Waals surface area contributed by atoms with Crippen molar-refractivity contribution in [1.82, 2.24) is 19.9 Å². The molecule has 0 spiro atoms. The Morgan fingerprint density at radius 3 is 2.53 bits per heavy atom. The number of hydrogen-bond donors (Lipinski definition) is 0. The average molecular weight is 406 g/mol. The monoisotopic (exact) mass is 406 g/mol. The summed E-state index contributed by atoms with van der Waals surface area (Å²) in [5.41, 5.74) is 1.07. The van der Waals surface area contributed by atoms with E-state index in [9.17, 15) is 4.79 Å². The third-order valence-electron chi connectivity index (χ3n) is 4.40. The maximum Gasteiger partial charge on any atom is 0.282 e. The van der Waals surface area contributed by atoms with E-state index in [1.54, 1.807) is 49.4 Å². The van der Waals surface area contributed by atoms with Crippen LogP contribution in [0.2, 0.25) is 0 Å². The molecule has 0 fully saturated rings. The van der Waals surface area contributed by atoms with E-state index >= 15 is 0 Å². The molecule has 0 saturated heterocycles. The first kappa shape index (κ1) is 19.2. The van der Waals surface area contributed by atoms with E-state index in [4.69, 9.17) is 18.7 Å². The van der Waals surface area contributed by atoms with Crippen LogP contribution >= 0.6 is 0 Å². The van der Waals surface area contributed by atoms with Gasteiger partial charge in [0.15, 0.2) is 17.2 Å². The molecule has 0 aliphatic carbocycles. The molecule has 0 amide bonds. The molecule has 0 unspecified atom stereocenters. The van der Waals surface area contributed by atoms with E-state index in [1.165, 1.54) is 13.2 Å². The lowest BCUT2D eigenvalue weighted by molar-refractivity contribution is 0.355. The van der Waals surface area contributed by atoms with Gasteiger partial charge in [-0.2, -0.15) is 10.1 Å². The molecule has 0 N–H and O–H groups in total. The van der Waals surface area contributed by atoms with Crippen molar-refractivity contribution < 1.29 is 18.7 Å². The van der Waals surface area contributed by atoms with Gasteiger partial charge in [-0.1, -0.05) is 11.2 Å². The van der Waals surface area contributed by atoms with Gasteiger partial charge in [-0.15, -0.1) is 0 Å². The topological polar surface area (TPSA) is 102 Å². The van der Waals surface area contributed by atoms with E-state index in [0.29, 0.717) is 28.6 Å². The number of aromatic nitrogens is 4. The van der Waals surface area contributed by atoms with Crippen molar-refractivity contribution in [3.05, 3.63) is 65.0 Å². The minimum absolute atomic E-state index is 0.0158. The average Bonchev–Trinajstić information content (AvgIpc) is 3.29. The zero-order valence-corrected chi connectivity index (χ0v) is 16.5. The van der Waals surface area contributed by atoms with Gasteiger partial charge >= 0.3 is 0 Å². The summed E-state index contributed by atoms with van der Waals surface area (Å²) >= 11 is 0. The van der Waals surface area contributed by atoms with E-state index in [2.05, 4.69) is 15.2 Å². The molecule has 0 bridgehead atoms. The van der Waals surface area contributed by atoms with Gasteiger partial charge in [0.2, 0.25) is 11.3 Å². The second-order valence-electron chi connectivity index (χ2n) is 6.17. The third-order valence-corrected chi connectivity index (χ3v) is 4.40. The Balaban J connectivity index is 1.72. The van der Waals surface area contributed by atoms with Crippen molar-refractivity contribution in [2.45, 2.75) is 0 Å². The summed E-state index contributed by atoms with van der Waals surface area (Å²) in [6, 6.07) is 13.9. The van der Waals surface area contributed by atoms with Crippen molar-refractivity contribution >= 4 is 0 Å². The second kappa shape index (κ2) is 8.08. The standard InChI is InChI=1S/C21H18N4O5/c1-27-15-6-4-5-14(12-15)25-10-9-16(26)19(23-25)21-22-20(24-30-21)13-7-8-17(28-2)18(11-13)29-3/h4-12H,1-3H3. The predicted molar refractivity (Wildman–Crippen MR) is 108 cm³/mol. The molecule has 152 valence electrons. The number of hydrogen-bond acceptors (Lipinski definition) is 8. The van der Waals surface area contributed by atoms with Crippen LogP contribution in [0.25, 0.3) is 28.7 Å². The van der Waals surface area contributed by atoms with Crippen molar-refractivity contribution in [3.63, 3.8) is 0 Å². The van der Waals surface area contributed by atoms with Gasteiger partial charge in [-0.25, -0.2) is 4.68 Å². The van der Waals surface area contributed by atoms with Crippen molar-refractivity contribution in [2.75, 3.05) is 21.3 Å².